The summed E-state index contributed by atoms with van der Waals surface area (Å²) in [5, 5.41) is 0. The molecule has 0 fully saturated rings. The molecule has 0 atom stereocenters. The number of Topliss-reactive ketones (excluding diaryl/α,β-unsaturated/α-hetero) is 1. The number of ketones is 1. The Balaban J connectivity index is -0.000000607. The van der Waals surface area contributed by atoms with E-state index < -0.39 is 11.9 Å². The quantitative estimate of drug-likeness (QED) is 0.152. The predicted octanol–water partition coefficient (Wildman–Crippen LogP) is 5.30. The van der Waals surface area contributed by atoms with E-state index in [2.05, 4.69) is 0 Å². The Bertz CT molecular complexity index is 463. The van der Waals surface area contributed by atoms with Gasteiger partial charge in [0.1, 0.15) is 5.78 Å². The fraction of sp³-hybridized carbons (Fsp3) is 0.833. The molecule has 0 rings (SSSR count). The van der Waals surface area contributed by atoms with Gasteiger partial charge in [0.2, 0.25) is 0 Å². The molecule has 0 aromatic carbocycles. The van der Waals surface area contributed by atoms with Crippen LogP contribution in [-0.2, 0) is 38.1 Å². The minimum atomic E-state index is -0.446. The van der Waals surface area contributed by atoms with Crippen LogP contribution in [0.5, 0.6) is 0 Å². The van der Waals surface area contributed by atoms with Crippen LogP contribution in [0.25, 0.3) is 0 Å². The largest absolute Gasteiger partial charge is 0.466 e. The molecule has 0 aliphatic carbocycles. The van der Waals surface area contributed by atoms with Crippen LogP contribution < -0.4 is 0 Å². The number of hydrogen-bond donors (Lipinski definition) is 0. The van der Waals surface area contributed by atoms with Crippen molar-refractivity contribution < 1.29 is 38.1 Å². The summed E-state index contributed by atoms with van der Waals surface area (Å²) in [7, 11) is 1.62. The van der Waals surface area contributed by atoms with Gasteiger partial charge in [-0.2, -0.15) is 0 Å². The third-order valence-electron chi connectivity index (χ3n) is 3.76. The van der Waals surface area contributed by atoms with Crippen LogP contribution in [0.15, 0.2) is 0 Å². The van der Waals surface area contributed by atoms with Gasteiger partial charge in [-0.1, -0.05) is 29.7 Å². The molecule has 0 N–H and O–H groups in total. The first-order valence-corrected chi connectivity index (χ1v) is 9.91. The highest BCUT2D eigenvalue weighted by Gasteiger charge is 2.09. The monoisotopic (exact) mass is 466 g/mol. The highest BCUT2D eigenvalue weighted by Crippen LogP contribution is 2.03. The number of rotatable bonds is 18. The average molecular weight is 467 g/mol. The van der Waals surface area contributed by atoms with Crippen molar-refractivity contribution in [2.45, 2.75) is 101 Å². The van der Waals surface area contributed by atoms with Crippen molar-refractivity contribution in [2.24, 2.45) is 0 Å². The molecule has 194 valence electrons. The Kier molecular flexibility index (Phi) is 36.7. The van der Waals surface area contributed by atoms with Gasteiger partial charge in [0, 0.05) is 26.6 Å². The van der Waals surface area contributed by atoms with Gasteiger partial charge < -0.3 is 23.7 Å². The van der Waals surface area contributed by atoms with E-state index in [-0.39, 0.29) is 67.5 Å². The summed E-state index contributed by atoms with van der Waals surface area (Å²) in [5.74, 6) is -1.01. The van der Waals surface area contributed by atoms with Gasteiger partial charge in [-0.3, -0.25) is 14.4 Å². The van der Waals surface area contributed by atoms with E-state index in [4.69, 9.17) is 18.9 Å². The number of methoxy groups -OCH3 is 1. The lowest BCUT2D eigenvalue weighted by Gasteiger charge is -2.07. The maximum atomic E-state index is 11.5. The molecule has 0 amide bonds. The van der Waals surface area contributed by atoms with Crippen molar-refractivity contribution in [1.29, 1.82) is 0 Å². The Morgan fingerprint density at radius 3 is 1.22 bits per heavy atom. The highest BCUT2D eigenvalue weighted by atomic mass is 16.5. The van der Waals surface area contributed by atoms with E-state index >= 15 is 0 Å². The second kappa shape index (κ2) is 29.0. The molecular weight excluding hydrogens is 416 g/mol. The summed E-state index contributed by atoms with van der Waals surface area (Å²) >= 11 is 0. The Labute approximate surface area is 196 Å². The van der Waals surface area contributed by atoms with Crippen molar-refractivity contribution in [2.75, 3.05) is 33.5 Å². The van der Waals surface area contributed by atoms with Crippen LogP contribution in [0.1, 0.15) is 101 Å². The van der Waals surface area contributed by atoms with E-state index in [9.17, 15) is 19.2 Å². The number of esters is 3. The van der Waals surface area contributed by atoms with Crippen molar-refractivity contribution in [3.63, 3.8) is 0 Å². The Hall–Kier alpha value is -1.96. The average Bonchev–Trinajstić information content (AvgIpc) is 2.66. The van der Waals surface area contributed by atoms with Crippen molar-refractivity contribution in [3.8, 4) is 0 Å². The minimum absolute atomic E-state index is 0. The molecule has 0 saturated heterocycles. The van der Waals surface area contributed by atoms with Gasteiger partial charge in [0.25, 0.3) is 0 Å². The third kappa shape index (κ3) is 30.2. The van der Waals surface area contributed by atoms with Crippen LogP contribution in [0.4, 0.5) is 0 Å². The van der Waals surface area contributed by atoms with Gasteiger partial charge in [-0.15, -0.1) is 0 Å². The maximum Gasteiger partial charge on any atom is 0.306 e. The number of carbonyl (C=O) groups is 4. The van der Waals surface area contributed by atoms with Crippen LogP contribution in [-0.4, -0.2) is 57.2 Å². The van der Waals surface area contributed by atoms with Gasteiger partial charge >= 0.3 is 17.9 Å². The second-order valence-electron chi connectivity index (χ2n) is 6.48. The van der Waals surface area contributed by atoms with Crippen LogP contribution in [0, 0.1) is 0 Å². The number of carbonyl (C=O) groups excluding carboxylic acids is 4. The van der Waals surface area contributed by atoms with Crippen LogP contribution >= 0.6 is 0 Å². The summed E-state index contributed by atoms with van der Waals surface area (Å²) in [6, 6.07) is 0. The van der Waals surface area contributed by atoms with E-state index in [1.165, 1.54) is 6.92 Å². The number of hydrogen-bond acceptors (Lipinski definition) is 8. The molecule has 0 bridgehead atoms. The first-order valence-electron chi connectivity index (χ1n) is 9.91. The molecule has 0 radical (unpaired) electrons. The molecule has 0 aromatic heterocycles. The summed E-state index contributed by atoms with van der Waals surface area (Å²) in [6.07, 6.45) is 4.86. The first kappa shape index (κ1) is 40.4. The van der Waals surface area contributed by atoms with Gasteiger partial charge in [-0.05, 0) is 45.4 Å². The van der Waals surface area contributed by atoms with Crippen LogP contribution in [0.3, 0.4) is 0 Å². The summed E-state index contributed by atoms with van der Waals surface area (Å²) in [4.78, 5) is 45.2. The zero-order valence-corrected chi connectivity index (χ0v) is 17.2. The molecule has 0 spiro atoms. The molecule has 0 aliphatic rings. The molecular formula is C24H50O8. The topological polar surface area (TPSA) is 105 Å². The second-order valence-corrected chi connectivity index (χ2v) is 6.48. The third-order valence-corrected chi connectivity index (χ3v) is 3.76. The number of ether oxygens (including phenoxy) is 4. The lowest BCUT2D eigenvalue weighted by atomic mass is 10.1. The summed E-state index contributed by atoms with van der Waals surface area (Å²) in [6.45, 7) is 2.99. The molecule has 0 saturated carbocycles. The normalized spacial score (nSPS) is 9.06. The van der Waals surface area contributed by atoms with Crippen molar-refractivity contribution in [1.82, 2.24) is 0 Å². The molecule has 8 nitrogen and oxygen atoms in total. The van der Waals surface area contributed by atoms with Gasteiger partial charge in [0.15, 0.2) is 0 Å². The molecule has 0 aromatic rings. The van der Waals surface area contributed by atoms with E-state index in [0.717, 1.165) is 12.8 Å². The standard InChI is InChI=1S/C20H34O8.4CH4/c1-17(21)9-3-4-10-18(22)26-15-7-8-16-28-20(24)12-11-19(23)27-14-6-5-13-25-2;;;;/h3-16H2,1-2H3;4*1H4. The van der Waals surface area contributed by atoms with Gasteiger partial charge in [0.05, 0.1) is 32.7 Å². The fourth-order valence-electron chi connectivity index (χ4n) is 2.17. The van der Waals surface area contributed by atoms with Crippen molar-refractivity contribution >= 4 is 23.7 Å². The molecule has 8 heteroatoms. The fourth-order valence-corrected chi connectivity index (χ4v) is 2.17. The molecule has 0 heterocycles. The summed E-state index contributed by atoms with van der Waals surface area (Å²) < 4.78 is 20.0. The van der Waals surface area contributed by atoms with E-state index in [1.807, 2.05) is 0 Å². The summed E-state index contributed by atoms with van der Waals surface area (Å²) in [5.41, 5.74) is 0. The Morgan fingerprint density at radius 2 is 0.844 bits per heavy atom. The lowest BCUT2D eigenvalue weighted by molar-refractivity contribution is -0.150. The minimum Gasteiger partial charge on any atom is -0.466 e. The SMILES string of the molecule is C.C.C.C.COCCCCOC(=O)CCC(=O)OCCCCOC(=O)CCCCC(C)=O. The first-order chi connectivity index (χ1) is 13.5. The van der Waals surface area contributed by atoms with Gasteiger partial charge in [-0.25, -0.2) is 0 Å². The van der Waals surface area contributed by atoms with E-state index in [1.54, 1.807) is 7.11 Å². The lowest BCUT2D eigenvalue weighted by Crippen LogP contribution is -2.12. The Morgan fingerprint density at radius 1 is 0.500 bits per heavy atom. The molecule has 32 heavy (non-hydrogen) atoms. The predicted molar refractivity (Wildman–Crippen MR) is 129 cm³/mol. The van der Waals surface area contributed by atoms with Crippen LogP contribution in [0.2, 0.25) is 0 Å². The zero-order chi connectivity index (χ0) is 21.0. The smallest absolute Gasteiger partial charge is 0.306 e. The van der Waals surface area contributed by atoms with E-state index in [0.29, 0.717) is 51.7 Å². The number of unbranched alkanes of at least 4 members (excludes halogenated alkanes) is 3. The zero-order valence-electron chi connectivity index (χ0n) is 17.2. The molecule has 0 aliphatic heterocycles. The molecule has 0 unspecified atom stereocenters. The maximum absolute atomic E-state index is 11.5. The van der Waals surface area contributed by atoms with Crippen molar-refractivity contribution in [3.05, 3.63) is 0 Å². The highest BCUT2D eigenvalue weighted by molar-refractivity contribution is 5.77.